The number of phenols is 1. The lowest BCUT2D eigenvalue weighted by Crippen LogP contribution is -2.00. The van der Waals surface area contributed by atoms with Crippen LogP contribution in [0, 0.1) is 0 Å². The lowest BCUT2D eigenvalue weighted by atomic mass is 10.2. The van der Waals surface area contributed by atoms with E-state index in [0.29, 0.717) is 5.75 Å². The minimum Gasteiger partial charge on any atom is -0.507 e. The number of ether oxygens (including phenoxy) is 1. The number of rotatable bonds is 4. The smallest absolute Gasteiger partial charge is 0.339 e. The molecule has 0 atom stereocenters. The molecule has 0 unspecified atom stereocenters. The van der Waals surface area contributed by atoms with Gasteiger partial charge in [-0.05, 0) is 34.1 Å². The van der Waals surface area contributed by atoms with Gasteiger partial charge in [-0.1, -0.05) is 0 Å². The Morgan fingerprint density at radius 1 is 1.50 bits per heavy atom. The summed E-state index contributed by atoms with van der Waals surface area (Å²) in [6.45, 7) is 0.242. The molecule has 1 heterocycles. The van der Waals surface area contributed by atoms with Crippen LogP contribution in [0.25, 0.3) is 0 Å². The van der Waals surface area contributed by atoms with Crippen molar-refractivity contribution >= 4 is 33.2 Å². The molecule has 0 aliphatic heterocycles. The maximum absolute atomic E-state index is 10.8. The second-order valence-electron chi connectivity index (χ2n) is 3.36. The van der Waals surface area contributed by atoms with Gasteiger partial charge in [0, 0.05) is 5.38 Å². The highest BCUT2D eigenvalue weighted by Gasteiger charge is 2.11. The second kappa shape index (κ2) is 5.36. The van der Waals surface area contributed by atoms with Gasteiger partial charge < -0.3 is 14.9 Å². The normalized spacial score (nSPS) is 10.3. The molecule has 7 heteroatoms. The standard InChI is InChI=1S/C11H8BrNO4S/c12-11-13-6(5-18-11)4-17-7-1-2-9(14)8(3-7)10(15)16/h1-3,5,14H,4H2,(H,15,16). The average molecular weight is 330 g/mol. The van der Waals surface area contributed by atoms with Crippen molar-refractivity contribution in [3.63, 3.8) is 0 Å². The van der Waals surface area contributed by atoms with Crippen LogP contribution in [-0.4, -0.2) is 21.2 Å². The third-order valence-corrected chi connectivity index (χ3v) is 3.52. The van der Waals surface area contributed by atoms with Crippen LogP contribution in [-0.2, 0) is 6.61 Å². The van der Waals surface area contributed by atoms with Crippen LogP contribution in [0.3, 0.4) is 0 Å². The zero-order valence-electron chi connectivity index (χ0n) is 8.96. The molecule has 2 N–H and O–H groups in total. The fourth-order valence-corrected chi connectivity index (χ4v) is 2.31. The van der Waals surface area contributed by atoms with E-state index in [-0.39, 0.29) is 17.9 Å². The van der Waals surface area contributed by atoms with E-state index in [1.54, 1.807) is 0 Å². The number of carboxylic acids is 1. The minimum absolute atomic E-state index is 0.188. The van der Waals surface area contributed by atoms with Crippen LogP contribution in [0.1, 0.15) is 16.1 Å². The van der Waals surface area contributed by atoms with Gasteiger partial charge in [0.2, 0.25) is 0 Å². The van der Waals surface area contributed by atoms with Crippen molar-refractivity contribution in [3.8, 4) is 11.5 Å². The highest BCUT2D eigenvalue weighted by molar-refractivity contribution is 9.11. The first-order valence-electron chi connectivity index (χ1n) is 4.85. The second-order valence-corrected chi connectivity index (χ2v) is 5.50. The molecule has 0 amide bonds. The van der Waals surface area contributed by atoms with Gasteiger partial charge in [-0.25, -0.2) is 9.78 Å². The molecule has 0 aliphatic carbocycles. The summed E-state index contributed by atoms with van der Waals surface area (Å²) in [6.07, 6.45) is 0. The fraction of sp³-hybridized carbons (Fsp3) is 0.0909. The van der Waals surface area contributed by atoms with Crippen molar-refractivity contribution in [2.75, 3.05) is 0 Å². The highest BCUT2D eigenvalue weighted by Crippen LogP contribution is 2.24. The molecule has 0 bridgehead atoms. The lowest BCUT2D eigenvalue weighted by Gasteiger charge is -2.06. The summed E-state index contributed by atoms with van der Waals surface area (Å²) in [5.74, 6) is -1.12. The van der Waals surface area contributed by atoms with E-state index in [2.05, 4.69) is 20.9 Å². The van der Waals surface area contributed by atoms with E-state index in [1.165, 1.54) is 29.5 Å². The summed E-state index contributed by atoms with van der Waals surface area (Å²) in [7, 11) is 0. The largest absolute Gasteiger partial charge is 0.507 e. The maximum atomic E-state index is 10.8. The van der Waals surface area contributed by atoms with Crippen molar-refractivity contribution < 1.29 is 19.7 Å². The molecule has 94 valence electrons. The van der Waals surface area contributed by atoms with Crippen molar-refractivity contribution in [2.24, 2.45) is 0 Å². The number of aromatic hydroxyl groups is 1. The summed E-state index contributed by atoms with van der Waals surface area (Å²) in [5.41, 5.74) is 0.559. The SMILES string of the molecule is O=C(O)c1cc(OCc2csc(Br)n2)ccc1O. The zero-order chi connectivity index (χ0) is 13.1. The van der Waals surface area contributed by atoms with Crippen LogP contribution in [0.5, 0.6) is 11.5 Å². The highest BCUT2D eigenvalue weighted by atomic mass is 79.9. The molecular formula is C11H8BrNO4S. The van der Waals surface area contributed by atoms with Gasteiger partial charge in [-0.15, -0.1) is 11.3 Å². The monoisotopic (exact) mass is 329 g/mol. The van der Waals surface area contributed by atoms with Crippen LogP contribution in [0.15, 0.2) is 27.5 Å². The summed E-state index contributed by atoms with van der Waals surface area (Å²) in [5, 5.41) is 20.0. The van der Waals surface area contributed by atoms with Crippen LogP contribution < -0.4 is 4.74 Å². The Morgan fingerprint density at radius 2 is 2.28 bits per heavy atom. The molecule has 1 aromatic heterocycles. The van der Waals surface area contributed by atoms with E-state index in [0.717, 1.165) is 9.61 Å². The first-order valence-corrected chi connectivity index (χ1v) is 6.52. The van der Waals surface area contributed by atoms with Gasteiger partial charge in [-0.2, -0.15) is 0 Å². The van der Waals surface area contributed by atoms with Crippen molar-refractivity contribution in [3.05, 3.63) is 38.8 Å². The van der Waals surface area contributed by atoms with E-state index < -0.39 is 5.97 Å². The van der Waals surface area contributed by atoms with E-state index in [9.17, 15) is 9.90 Å². The lowest BCUT2D eigenvalue weighted by molar-refractivity contribution is 0.0693. The summed E-state index contributed by atoms with van der Waals surface area (Å²) < 4.78 is 6.16. The summed E-state index contributed by atoms with van der Waals surface area (Å²) in [4.78, 5) is 15.0. The van der Waals surface area contributed by atoms with Crippen LogP contribution >= 0.6 is 27.3 Å². The first-order chi connectivity index (χ1) is 8.56. The molecule has 0 radical (unpaired) electrons. The molecule has 0 saturated heterocycles. The molecule has 1 aromatic carbocycles. The number of carbonyl (C=O) groups is 1. The van der Waals surface area contributed by atoms with Gasteiger partial charge in [0.15, 0.2) is 3.92 Å². The molecule has 0 spiro atoms. The Balaban J connectivity index is 2.10. The molecule has 18 heavy (non-hydrogen) atoms. The van der Waals surface area contributed by atoms with Crippen LogP contribution in [0.4, 0.5) is 0 Å². The Hall–Kier alpha value is -1.60. The number of hydrogen-bond acceptors (Lipinski definition) is 5. The zero-order valence-corrected chi connectivity index (χ0v) is 11.4. The number of thiazole rings is 1. The Labute approximate surface area is 115 Å². The summed E-state index contributed by atoms with van der Waals surface area (Å²) >= 11 is 4.68. The number of hydrogen-bond donors (Lipinski definition) is 2. The number of nitrogens with zero attached hydrogens (tertiary/aromatic N) is 1. The third-order valence-electron chi connectivity index (χ3n) is 2.11. The van der Waals surface area contributed by atoms with Gasteiger partial charge in [0.05, 0.1) is 5.69 Å². The van der Waals surface area contributed by atoms with Crippen LogP contribution in [0.2, 0.25) is 0 Å². The van der Waals surface area contributed by atoms with E-state index in [4.69, 9.17) is 9.84 Å². The summed E-state index contributed by atoms with van der Waals surface area (Å²) in [6, 6.07) is 4.07. The Bertz CT molecular complexity index is 584. The van der Waals surface area contributed by atoms with Crippen molar-refractivity contribution in [2.45, 2.75) is 6.61 Å². The topological polar surface area (TPSA) is 79.7 Å². The molecule has 0 fully saturated rings. The molecule has 2 rings (SSSR count). The Morgan fingerprint density at radius 3 is 2.89 bits per heavy atom. The predicted molar refractivity (Wildman–Crippen MR) is 69.2 cm³/mol. The first kappa shape index (κ1) is 12.8. The predicted octanol–water partition coefficient (Wildman–Crippen LogP) is 2.89. The van der Waals surface area contributed by atoms with Gasteiger partial charge in [0.1, 0.15) is 23.7 Å². The molecule has 0 saturated carbocycles. The van der Waals surface area contributed by atoms with Gasteiger partial charge >= 0.3 is 5.97 Å². The number of aromatic carboxylic acids is 1. The minimum atomic E-state index is -1.20. The number of benzene rings is 1. The molecular weight excluding hydrogens is 322 g/mol. The van der Waals surface area contributed by atoms with Gasteiger partial charge in [-0.3, -0.25) is 0 Å². The van der Waals surface area contributed by atoms with E-state index >= 15 is 0 Å². The molecule has 2 aromatic rings. The third kappa shape index (κ3) is 2.99. The number of carboxylic acid groups (broad SMARTS) is 1. The molecule has 0 aliphatic rings. The quantitative estimate of drug-likeness (QED) is 0.901. The number of halogens is 1. The average Bonchev–Trinajstić information content (AvgIpc) is 2.74. The van der Waals surface area contributed by atoms with Crippen molar-refractivity contribution in [1.29, 1.82) is 0 Å². The fourth-order valence-electron chi connectivity index (χ4n) is 1.28. The van der Waals surface area contributed by atoms with Crippen molar-refractivity contribution in [1.82, 2.24) is 4.98 Å². The van der Waals surface area contributed by atoms with E-state index in [1.807, 2.05) is 5.38 Å². The molecule has 5 nitrogen and oxygen atoms in total. The maximum Gasteiger partial charge on any atom is 0.339 e. The Kier molecular flexibility index (Phi) is 3.83. The van der Waals surface area contributed by atoms with Gasteiger partial charge in [0.25, 0.3) is 0 Å². The number of aromatic nitrogens is 1.